The number of anilines is 1. The number of nitrogens with one attached hydrogen (secondary N) is 1. The van der Waals surface area contributed by atoms with E-state index in [1.165, 1.54) is 11.3 Å². The summed E-state index contributed by atoms with van der Waals surface area (Å²) in [5, 5.41) is 3.05. The molecule has 2 amide bonds. The first-order chi connectivity index (χ1) is 13.8. The minimum Gasteiger partial charge on any atom is -0.370 e. The molecular formula is C22H34N4O2S. The van der Waals surface area contributed by atoms with Crippen LogP contribution in [0.4, 0.5) is 5.69 Å². The summed E-state index contributed by atoms with van der Waals surface area (Å²) in [6.07, 6.45) is 5.02. The van der Waals surface area contributed by atoms with Gasteiger partial charge in [-0.05, 0) is 37.3 Å². The van der Waals surface area contributed by atoms with E-state index >= 15 is 0 Å². The van der Waals surface area contributed by atoms with Crippen molar-refractivity contribution in [3.05, 3.63) is 23.2 Å². The van der Waals surface area contributed by atoms with E-state index in [-0.39, 0.29) is 11.3 Å². The summed E-state index contributed by atoms with van der Waals surface area (Å²) in [6, 6.07) is 3.80. The molecule has 2 aromatic rings. The lowest BCUT2D eigenvalue weighted by atomic mass is 9.92. The summed E-state index contributed by atoms with van der Waals surface area (Å²) in [6.45, 7) is 12.5. The van der Waals surface area contributed by atoms with Gasteiger partial charge in [0.2, 0.25) is 5.91 Å². The number of amides is 2. The van der Waals surface area contributed by atoms with Gasteiger partial charge in [-0.2, -0.15) is 0 Å². The molecule has 0 radical (unpaired) electrons. The fraction of sp³-hybridized carbons (Fsp3) is 0.591. The second-order valence-corrected chi connectivity index (χ2v) is 9.30. The predicted molar refractivity (Wildman–Crippen MR) is 122 cm³/mol. The molecular weight excluding hydrogens is 384 g/mol. The molecule has 1 aliphatic heterocycles. The number of rotatable bonds is 5. The number of hydrogen-bond acceptors (Lipinski definition) is 5. The summed E-state index contributed by atoms with van der Waals surface area (Å²) in [7, 11) is 0. The summed E-state index contributed by atoms with van der Waals surface area (Å²) in [5.41, 5.74) is 7.05. The number of nitrogens with zero attached hydrogens (tertiary/aromatic N) is 2. The van der Waals surface area contributed by atoms with Crippen molar-refractivity contribution >= 4 is 39.1 Å². The minimum atomic E-state index is -0.403. The second kappa shape index (κ2) is 10.1. The summed E-state index contributed by atoms with van der Waals surface area (Å²) in [4.78, 5) is 30.7. The number of nitrogens with two attached hydrogens (primary N) is 1. The molecule has 0 aliphatic carbocycles. The van der Waals surface area contributed by atoms with Crippen molar-refractivity contribution in [2.75, 3.05) is 24.5 Å². The molecule has 29 heavy (non-hydrogen) atoms. The van der Waals surface area contributed by atoms with E-state index in [4.69, 9.17) is 5.73 Å². The lowest BCUT2D eigenvalue weighted by molar-refractivity contribution is -0.128. The van der Waals surface area contributed by atoms with Crippen LogP contribution in [0.5, 0.6) is 0 Å². The van der Waals surface area contributed by atoms with Crippen LogP contribution in [0.25, 0.3) is 10.2 Å². The van der Waals surface area contributed by atoms with Crippen molar-refractivity contribution in [3.63, 3.8) is 0 Å². The molecule has 0 unspecified atom stereocenters. The zero-order valence-corrected chi connectivity index (χ0v) is 19.1. The SMILES string of the molecule is CC.CC(C)(C)C(=O)NCCC1CCN(c2ccnc3cc(C(N)=O)sc23)CC1. The molecule has 0 bridgehead atoms. The fourth-order valence-electron chi connectivity index (χ4n) is 3.41. The average Bonchev–Trinajstić information content (AvgIpc) is 3.14. The highest BCUT2D eigenvalue weighted by molar-refractivity contribution is 7.21. The Morgan fingerprint density at radius 1 is 1.28 bits per heavy atom. The number of thiophene rings is 1. The Kier molecular flexibility index (Phi) is 8.02. The lowest BCUT2D eigenvalue weighted by Gasteiger charge is -2.34. The number of primary amides is 1. The van der Waals surface area contributed by atoms with Crippen LogP contribution in [0.1, 0.15) is 63.6 Å². The number of piperidine rings is 1. The van der Waals surface area contributed by atoms with E-state index in [2.05, 4.69) is 15.2 Å². The molecule has 160 valence electrons. The van der Waals surface area contributed by atoms with E-state index < -0.39 is 5.91 Å². The highest BCUT2D eigenvalue weighted by Gasteiger charge is 2.24. The number of aromatic nitrogens is 1. The van der Waals surface area contributed by atoms with Gasteiger partial charge in [-0.1, -0.05) is 34.6 Å². The topological polar surface area (TPSA) is 88.3 Å². The Morgan fingerprint density at radius 3 is 2.52 bits per heavy atom. The van der Waals surface area contributed by atoms with Gasteiger partial charge in [-0.15, -0.1) is 11.3 Å². The monoisotopic (exact) mass is 418 g/mol. The first kappa shape index (κ1) is 23.1. The maximum atomic E-state index is 12.0. The Balaban J connectivity index is 0.00000145. The average molecular weight is 419 g/mol. The van der Waals surface area contributed by atoms with E-state index in [0.29, 0.717) is 10.8 Å². The van der Waals surface area contributed by atoms with Crippen molar-refractivity contribution in [3.8, 4) is 0 Å². The van der Waals surface area contributed by atoms with Gasteiger partial charge >= 0.3 is 0 Å². The zero-order chi connectivity index (χ0) is 21.6. The van der Waals surface area contributed by atoms with Crippen LogP contribution < -0.4 is 16.0 Å². The predicted octanol–water partition coefficient (Wildman–Crippen LogP) is 4.19. The van der Waals surface area contributed by atoms with Gasteiger partial charge in [0.15, 0.2) is 0 Å². The maximum absolute atomic E-state index is 12.0. The normalized spacial score (nSPS) is 15.0. The Morgan fingerprint density at radius 2 is 1.93 bits per heavy atom. The molecule has 2 aromatic heterocycles. The van der Waals surface area contributed by atoms with Crippen LogP contribution in [-0.2, 0) is 4.79 Å². The number of hydrogen-bond donors (Lipinski definition) is 2. The molecule has 0 aromatic carbocycles. The van der Waals surface area contributed by atoms with Crippen LogP contribution in [0.3, 0.4) is 0 Å². The smallest absolute Gasteiger partial charge is 0.258 e. The molecule has 0 spiro atoms. The minimum absolute atomic E-state index is 0.113. The fourth-order valence-corrected chi connectivity index (χ4v) is 4.42. The first-order valence-electron chi connectivity index (χ1n) is 10.5. The standard InChI is InChI=1S/C20H28N4O2S.C2H6/c1-20(2,3)19(26)23-8-4-13-6-10-24(11-7-13)15-5-9-22-14-12-16(18(21)25)27-17(14)15;1-2/h5,9,12-13H,4,6-8,10-11H2,1-3H3,(H2,21,25)(H,23,26);1-2H3. The van der Waals surface area contributed by atoms with Crippen molar-refractivity contribution in [2.45, 2.75) is 53.9 Å². The molecule has 7 heteroatoms. The molecule has 0 saturated carbocycles. The van der Waals surface area contributed by atoms with Crippen LogP contribution in [-0.4, -0.2) is 36.4 Å². The second-order valence-electron chi connectivity index (χ2n) is 8.24. The van der Waals surface area contributed by atoms with Crippen molar-refractivity contribution < 1.29 is 9.59 Å². The van der Waals surface area contributed by atoms with E-state index in [0.717, 1.165) is 54.8 Å². The highest BCUT2D eigenvalue weighted by atomic mass is 32.1. The van der Waals surface area contributed by atoms with Gasteiger partial charge < -0.3 is 16.0 Å². The molecule has 1 aliphatic rings. The third-order valence-electron chi connectivity index (χ3n) is 5.11. The zero-order valence-electron chi connectivity index (χ0n) is 18.2. The van der Waals surface area contributed by atoms with Crippen molar-refractivity contribution in [1.29, 1.82) is 0 Å². The van der Waals surface area contributed by atoms with E-state index in [1.807, 2.05) is 40.7 Å². The summed E-state index contributed by atoms with van der Waals surface area (Å²) >= 11 is 1.42. The lowest BCUT2D eigenvalue weighted by Crippen LogP contribution is -2.38. The molecule has 1 saturated heterocycles. The third kappa shape index (κ3) is 5.92. The van der Waals surface area contributed by atoms with Gasteiger partial charge in [0.05, 0.1) is 20.8 Å². The van der Waals surface area contributed by atoms with Gasteiger partial charge in [-0.3, -0.25) is 14.6 Å². The molecule has 3 N–H and O–H groups in total. The molecule has 3 rings (SSSR count). The highest BCUT2D eigenvalue weighted by Crippen LogP contribution is 2.35. The molecule has 0 atom stereocenters. The maximum Gasteiger partial charge on any atom is 0.258 e. The van der Waals surface area contributed by atoms with Crippen LogP contribution in [0.15, 0.2) is 18.3 Å². The Hall–Kier alpha value is -2.15. The van der Waals surface area contributed by atoms with E-state index in [1.54, 1.807) is 12.3 Å². The van der Waals surface area contributed by atoms with Crippen molar-refractivity contribution in [2.24, 2.45) is 17.1 Å². The number of carbonyl (C=O) groups excluding carboxylic acids is 2. The van der Waals surface area contributed by atoms with Gasteiger partial charge in [-0.25, -0.2) is 0 Å². The molecule has 3 heterocycles. The van der Waals surface area contributed by atoms with E-state index in [9.17, 15) is 9.59 Å². The van der Waals surface area contributed by atoms with Crippen LogP contribution in [0, 0.1) is 11.3 Å². The number of fused-ring (bicyclic) bond motifs is 1. The van der Waals surface area contributed by atoms with Crippen LogP contribution in [0.2, 0.25) is 0 Å². The molecule has 1 fully saturated rings. The molecule has 6 nitrogen and oxygen atoms in total. The largest absolute Gasteiger partial charge is 0.370 e. The number of carbonyl (C=O) groups is 2. The number of pyridine rings is 1. The summed E-state index contributed by atoms with van der Waals surface area (Å²) in [5.74, 6) is 0.338. The third-order valence-corrected chi connectivity index (χ3v) is 6.27. The van der Waals surface area contributed by atoms with Crippen LogP contribution >= 0.6 is 11.3 Å². The van der Waals surface area contributed by atoms with Gasteiger partial charge in [0.25, 0.3) is 5.91 Å². The Labute approximate surface area is 177 Å². The Bertz CT molecular complexity index is 833. The quantitative estimate of drug-likeness (QED) is 0.762. The summed E-state index contributed by atoms with van der Waals surface area (Å²) < 4.78 is 1.03. The first-order valence-corrected chi connectivity index (χ1v) is 11.3. The van der Waals surface area contributed by atoms with Crippen molar-refractivity contribution in [1.82, 2.24) is 10.3 Å². The van der Waals surface area contributed by atoms with Gasteiger partial charge in [0, 0.05) is 31.2 Å². The van der Waals surface area contributed by atoms with Gasteiger partial charge in [0.1, 0.15) is 0 Å².